The Morgan fingerprint density at radius 2 is 1.68 bits per heavy atom. The molecule has 7 nitrogen and oxygen atoms in total. The number of likely N-dealkylation sites (tertiary alicyclic amines) is 1. The number of piperidine rings is 1. The molecule has 1 aliphatic rings. The second-order valence-electron chi connectivity index (χ2n) is 8.79. The van der Waals surface area contributed by atoms with Crippen molar-refractivity contribution in [2.45, 2.75) is 45.6 Å². The fourth-order valence-corrected chi connectivity index (χ4v) is 4.54. The van der Waals surface area contributed by atoms with Gasteiger partial charge in [0.25, 0.3) is 11.5 Å². The van der Waals surface area contributed by atoms with Crippen LogP contribution in [-0.4, -0.2) is 46.6 Å². The number of rotatable bonds is 8. The molecule has 178 valence electrons. The second-order valence-corrected chi connectivity index (χ2v) is 8.79. The summed E-state index contributed by atoms with van der Waals surface area (Å²) in [4.78, 5) is 41.1. The number of nitrogens with zero attached hydrogens (tertiary/aromatic N) is 3. The summed E-state index contributed by atoms with van der Waals surface area (Å²) in [5.74, 6) is 0.511. The van der Waals surface area contributed by atoms with Crippen LogP contribution >= 0.6 is 0 Å². The maximum Gasteiger partial charge on any atom is 0.274 e. The minimum atomic E-state index is -0.184. The zero-order chi connectivity index (χ0) is 24.1. The Balaban J connectivity index is 1.51. The molecule has 1 fully saturated rings. The van der Waals surface area contributed by atoms with Gasteiger partial charge in [-0.15, -0.1) is 0 Å². The number of hydrogen-bond donors (Lipinski definition) is 0. The summed E-state index contributed by atoms with van der Waals surface area (Å²) in [5, 5.41) is 5.60. The molecule has 0 atom stereocenters. The van der Waals surface area contributed by atoms with Crippen LogP contribution in [0, 0.1) is 5.92 Å². The Bertz CT molecular complexity index is 1220. The summed E-state index contributed by atoms with van der Waals surface area (Å²) in [7, 11) is 1.60. The normalized spacial score (nSPS) is 14.4. The van der Waals surface area contributed by atoms with E-state index in [-0.39, 0.29) is 23.2 Å². The van der Waals surface area contributed by atoms with E-state index < -0.39 is 0 Å². The van der Waals surface area contributed by atoms with Gasteiger partial charge in [-0.05, 0) is 49.6 Å². The quantitative estimate of drug-likeness (QED) is 0.368. The Kier molecular flexibility index (Phi) is 7.40. The highest BCUT2D eigenvalue weighted by molar-refractivity contribution is 6.05. The van der Waals surface area contributed by atoms with Gasteiger partial charge in [0.15, 0.2) is 11.5 Å². The minimum Gasteiger partial charge on any atom is -0.497 e. The number of unbranched alkanes of at least 4 members (excludes halogenated alkanes) is 2. The van der Waals surface area contributed by atoms with Gasteiger partial charge >= 0.3 is 0 Å². The lowest BCUT2D eigenvalue weighted by molar-refractivity contribution is 0.0645. The monoisotopic (exact) mass is 461 g/mol. The van der Waals surface area contributed by atoms with Crippen molar-refractivity contribution >= 4 is 22.5 Å². The lowest BCUT2D eigenvalue weighted by Gasteiger charge is -2.31. The van der Waals surface area contributed by atoms with Crippen LogP contribution in [-0.2, 0) is 6.54 Å². The molecule has 3 aromatic rings. The fourth-order valence-electron chi connectivity index (χ4n) is 4.54. The van der Waals surface area contributed by atoms with E-state index >= 15 is 0 Å². The van der Waals surface area contributed by atoms with Gasteiger partial charge < -0.3 is 9.64 Å². The first-order chi connectivity index (χ1) is 16.5. The summed E-state index contributed by atoms with van der Waals surface area (Å²) < 4.78 is 6.60. The molecular formula is C27H31N3O4. The van der Waals surface area contributed by atoms with Gasteiger partial charge in [-0.2, -0.15) is 5.10 Å². The van der Waals surface area contributed by atoms with Crippen LogP contribution in [0.2, 0.25) is 0 Å². The summed E-state index contributed by atoms with van der Waals surface area (Å²) in [5.41, 5.74) is 0.816. The molecule has 1 saturated heterocycles. The van der Waals surface area contributed by atoms with Crippen molar-refractivity contribution in [1.82, 2.24) is 14.7 Å². The Morgan fingerprint density at radius 3 is 2.32 bits per heavy atom. The second kappa shape index (κ2) is 10.6. The number of carbonyl (C=O) groups excluding carboxylic acids is 2. The third-order valence-electron chi connectivity index (χ3n) is 6.57. The first-order valence-electron chi connectivity index (χ1n) is 12.0. The van der Waals surface area contributed by atoms with E-state index in [9.17, 15) is 14.4 Å². The SMILES string of the molecule is CCCCCn1nc(C(=O)N2CCC(C(=O)c3ccc(OC)cc3)CC2)c2ccccc2c1=O. The van der Waals surface area contributed by atoms with Crippen molar-refractivity contribution in [1.29, 1.82) is 0 Å². The largest absolute Gasteiger partial charge is 0.497 e. The van der Waals surface area contributed by atoms with E-state index in [0.717, 1.165) is 19.3 Å². The maximum atomic E-state index is 13.5. The topological polar surface area (TPSA) is 81.5 Å². The number of benzene rings is 2. The van der Waals surface area contributed by atoms with Crippen LogP contribution in [0.1, 0.15) is 59.9 Å². The summed E-state index contributed by atoms with van der Waals surface area (Å²) in [6.45, 7) is 3.57. The van der Waals surface area contributed by atoms with Crippen molar-refractivity contribution in [3.8, 4) is 5.75 Å². The first kappa shape index (κ1) is 23.7. The third-order valence-corrected chi connectivity index (χ3v) is 6.57. The molecule has 4 rings (SSSR count). The number of aryl methyl sites for hydroxylation is 1. The zero-order valence-corrected chi connectivity index (χ0v) is 19.8. The number of hydrogen-bond acceptors (Lipinski definition) is 5. The predicted octanol–water partition coefficient (Wildman–Crippen LogP) is 4.33. The van der Waals surface area contributed by atoms with Gasteiger partial charge in [0.2, 0.25) is 0 Å². The van der Waals surface area contributed by atoms with Crippen LogP contribution in [0.15, 0.2) is 53.3 Å². The van der Waals surface area contributed by atoms with Gasteiger partial charge in [-0.3, -0.25) is 14.4 Å². The number of fused-ring (bicyclic) bond motifs is 1. The average Bonchev–Trinajstić information content (AvgIpc) is 2.89. The lowest BCUT2D eigenvalue weighted by atomic mass is 9.88. The number of ether oxygens (including phenoxy) is 1. The molecule has 0 saturated carbocycles. The molecule has 7 heteroatoms. The van der Waals surface area contributed by atoms with Gasteiger partial charge in [-0.1, -0.05) is 38.0 Å². The molecule has 1 amide bonds. The molecule has 0 spiro atoms. The Morgan fingerprint density at radius 1 is 1.00 bits per heavy atom. The number of Topliss-reactive ketones (excluding diaryl/α,β-unsaturated/α-hetero) is 1. The van der Waals surface area contributed by atoms with Gasteiger partial charge in [0, 0.05) is 36.5 Å². The van der Waals surface area contributed by atoms with Crippen molar-refractivity contribution in [3.63, 3.8) is 0 Å². The lowest BCUT2D eigenvalue weighted by Crippen LogP contribution is -2.41. The predicted molar refractivity (Wildman–Crippen MR) is 131 cm³/mol. The average molecular weight is 462 g/mol. The van der Waals surface area contributed by atoms with E-state index in [1.165, 1.54) is 4.68 Å². The molecule has 0 aliphatic carbocycles. The van der Waals surface area contributed by atoms with Crippen LogP contribution in [0.5, 0.6) is 5.75 Å². The molecule has 2 aromatic carbocycles. The number of aromatic nitrogens is 2. The van der Waals surface area contributed by atoms with E-state index in [1.54, 1.807) is 48.4 Å². The van der Waals surface area contributed by atoms with Gasteiger partial charge in [0.1, 0.15) is 5.75 Å². The minimum absolute atomic E-state index is 0.0998. The number of ketones is 1. The summed E-state index contributed by atoms with van der Waals surface area (Å²) in [6, 6.07) is 14.3. The molecule has 2 heterocycles. The highest BCUT2D eigenvalue weighted by Crippen LogP contribution is 2.25. The van der Waals surface area contributed by atoms with Gasteiger partial charge in [0.05, 0.1) is 12.5 Å². The molecule has 34 heavy (non-hydrogen) atoms. The molecule has 1 aliphatic heterocycles. The summed E-state index contributed by atoms with van der Waals surface area (Å²) >= 11 is 0. The van der Waals surface area contributed by atoms with E-state index in [1.807, 2.05) is 12.1 Å². The van der Waals surface area contributed by atoms with Crippen LogP contribution in [0.4, 0.5) is 0 Å². The fraction of sp³-hybridized carbons (Fsp3) is 0.407. The molecule has 0 radical (unpaired) electrons. The van der Waals surface area contributed by atoms with E-state index in [4.69, 9.17) is 4.74 Å². The Labute approximate surface area is 199 Å². The number of amides is 1. The van der Waals surface area contributed by atoms with Crippen LogP contribution < -0.4 is 10.3 Å². The van der Waals surface area contributed by atoms with Gasteiger partial charge in [-0.25, -0.2) is 4.68 Å². The zero-order valence-electron chi connectivity index (χ0n) is 19.8. The standard InChI is InChI=1S/C27H31N3O4/c1-3-4-7-16-30-26(32)23-9-6-5-8-22(23)24(28-30)27(33)29-17-14-20(15-18-29)25(31)19-10-12-21(34-2)13-11-19/h5-6,8-13,20H,3-4,7,14-18H2,1-2H3. The molecule has 1 aromatic heterocycles. The van der Waals surface area contributed by atoms with Crippen LogP contribution in [0.25, 0.3) is 10.8 Å². The van der Waals surface area contributed by atoms with E-state index in [0.29, 0.717) is 60.3 Å². The first-order valence-corrected chi connectivity index (χ1v) is 12.0. The Hall–Kier alpha value is -3.48. The van der Waals surface area contributed by atoms with Crippen molar-refractivity contribution in [2.75, 3.05) is 20.2 Å². The van der Waals surface area contributed by atoms with Crippen LogP contribution in [0.3, 0.4) is 0 Å². The number of carbonyl (C=O) groups is 2. The highest BCUT2D eigenvalue weighted by Gasteiger charge is 2.30. The van der Waals surface area contributed by atoms with Crippen molar-refractivity contribution in [3.05, 3.63) is 70.1 Å². The molecule has 0 bridgehead atoms. The van der Waals surface area contributed by atoms with Crippen molar-refractivity contribution < 1.29 is 14.3 Å². The molecule has 0 N–H and O–H groups in total. The maximum absolute atomic E-state index is 13.5. The summed E-state index contributed by atoms with van der Waals surface area (Å²) in [6.07, 6.45) is 4.09. The number of methoxy groups -OCH3 is 1. The molecule has 0 unspecified atom stereocenters. The smallest absolute Gasteiger partial charge is 0.274 e. The molecular weight excluding hydrogens is 430 g/mol. The third kappa shape index (κ3) is 4.88. The van der Waals surface area contributed by atoms with Crippen molar-refractivity contribution in [2.24, 2.45) is 5.92 Å². The van der Waals surface area contributed by atoms with E-state index in [2.05, 4.69) is 12.0 Å². The highest BCUT2D eigenvalue weighted by atomic mass is 16.5.